The van der Waals surface area contributed by atoms with Crippen LogP contribution in [0.2, 0.25) is 0 Å². The molecule has 1 aromatic rings. The maximum atomic E-state index is 11.0. The molecular formula is C13H20N2O3. The van der Waals surface area contributed by atoms with E-state index in [1.165, 1.54) is 0 Å². The first-order valence-corrected chi connectivity index (χ1v) is 5.94. The van der Waals surface area contributed by atoms with Gasteiger partial charge in [-0.1, -0.05) is 12.1 Å². The molecule has 0 bridgehead atoms. The second-order valence-electron chi connectivity index (χ2n) is 4.26. The molecule has 1 amide bonds. The Labute approximate surface area is 107 Å². The van der Waals surface area contributed by atoms with E-state index >= 15 is 0 Å². The van der Waals surface area contributed by atoms with Crippen molar-refractivity contribution in [2.24, 2.45) is 5.73 Å². The molecule has 0 saturated carbocycles. The number of hydrogen-bond acceptors (Lipinski definition) is 4. The largest absolute Gasteiger partial charge is 0.491 e. The van der Waals surface area contributed by atoms with Crippen LogP contribution in [-0.2, 0) is 4.79 Å². The Hall–Kier alpha value is -1.59. The molecule has 0 fully saturated rings. The summed E-state index contributed by atoms with van der Waals surface area (Å²) in [5.41, 5.74) is 5.86. The van der Waals surface area contributed by atoms with Crippen LogP contribution in [-0.4, -0.2) is 30.2 Å². The number of amides is 1. The highest BCUT2D eigenvalue weighted by molar-refractivity contribution is 5.77. The maximum Gasteiger partial charge on any atom is 0.233 e. The summed E-state index contributed by atoms with van der Waals surface area (Å²) in [4.78, 5) is 11.0. The number of aliphatic hydroxyl groups excluding tert-OH is 1. The molecule has 0 spiro atoms. The summed E-state index contributed by atoms with van der Waals surface area (Å²) in [5.74, 6) is 0.412. The second-order valence-corrected chi connectivity index (χ2v) is 4.26. The molecule has 0 aromatic heterocycles. The predicted molar refractivity (Wildman–Crippen MR) is 69.2 cm³/mol. The third kappa shape index (κ3) is 4.73. The summed E-state index contributed by atoms with van der Waals surface area (Å²) in [6.45, 7) is 3.93. The lowest BCUT2D eigenvalue weighted by Crippen LogP contribution is -2.33. The van der Waals surface area contributed by atoms with Crippen molar-refractivity contribution in [2.45, 2.75) is 26.1 Å². The summed E-state index contributed by atoms with van der Waals surface area (Å²) in [7, 11) is 0. The molecule has 0 radical (unpaired) electrons. The van der Waals surface area contributed by atoms with Gasteiger partial charge in [0, 0.05) is 6.54 Å². The van der Waals surface area contributed by atoms with Crippen molar-refractivity contribution in [3.63, 3.8) is 0 Å². The van der Waals surface area contributed by atoms with E-state index in [0.29, 0.717) is 11.3 Å². The lowest BCUT2D eigenvalue weighted by molar-refractivity contribution is -0.120. The van der Waals surface area contributed by atoms with Gasteiger partial charge in [-0.3, -0.25) is 4.79 Å². The van der Waals surface area contributed by atoms with Crippen molar-refractivity contribution in [1.29, 1.82) is 0 Å². The van der Waals surface area contributed by atoms with Gasteiger partial charge in [-0.2, -0.15) is 0 Å². The van der Waals surface area contributed by atoms with Gasteiger partial charge in [0.25, 0.3) is 0 Å². The van der Waals surface area contributed by atoms with Gasteiger partial charge in [-0.25, -0.2) is 0 Å². The normalized spacial score (nSPS) is 12.3. The van der Waals surface area contributed by atoms with Crippen molar-refractivity contribution in [3.05, 3.63) is 29.8 Å². The number of aliphatic hydroxyl groups is 1. The molecule has 18 heavy (non-hydrogen) atoms. The lowest BCUT2D eigenvalue weighted by Gasteiger charge is -2.14. The average Bonchev–Trinajstić information content (AvgIpc) is 2.35. The van der Waals surface area contributed by atoms with Crippen LogP contribution >= 0.6 is 0 Å². The Morgan fingerprint density at radius 2 is 2.22 bits per heavy atom. The Balaban J connectivity index is 2.62. The summed E-state index contributed by atoms with van der Waals surface area (Å²) < 4.78 is 5.53. The Bertz CT molecular complexity index is 394. The molecule has 0 heterocycles. The van der Waals surface area contributed by atoms with Crippen LogP contribution in [0.3, 0.4) is 0 Å². The number of ether oxygens (including phenoxy) is 1. The predicted octanol–water partition coefficient (Wildman–Crippen LogP) is 0.582. The van der Waals surface area contributed by atoms with Crippen LogP contribution < -0.4 is 15.8 Å². The summed E-state index contributed by atoms with van der Waals surface area (Å²) in [6, 6.07) is 7.18. The van der Waals surface area contributed by atoms with E-state index in [-0.39, 0.29) is 25.1 Å². The number of benzene rings is 1. The number of nitrogens with one attached hydrogen (secondary N) is 1. The molecule has 0 saturated heterocycles. The molecule has 0 aliphatic carbocycles. The molecule has 5 heteroatoms. The van der Waals surface area contributed by atoms with Crippen LogP contribution in [0.5, 0.6) is 5.75 Å². The Morgan fingerprint density at radius 1 is 1.50 bits per heavy atom. The Morgan fingerprint density at radius 3 is 2.83 bits per heavy atom. The van der Waals surface area contributed by atoms with E-state index in [9.17, 15) is 9.90 Å². The SMILES string of the molecule is CC(C)Oc1cccc(C(O)CNC(=O)CN)c1. The topological polar surface area (TPSA) is 84.6 Å². The first-order chi connectivity index (χ1) is 8.52. The molecule has 1 unspecified atom stereocenters. The highest BCUT2D eigenvalue weighted by Crippen LogP contribution is 2.19. The van der Waals surface area contributed by atoms with E-state index in [2.05, 4.69) is 5.32 Å². The van der Waals surface area contributed by atoms with Crippen molar-refractivity contribution in [3.8, 4) is 5.75 Å². The molecule has 0 aliphatic rings. The van der Waals surface area contributed by atoms with Crippen molar-refractivity contribution < 1.29 is 14.6 Å². The monoisotopic (exact) mass is 252 g/mol. The fourth-order valence-electron chi connectivity index (χ4n) is 1.47. The number of rotatable bonds is 6. The smallest absolute Gasteiger partial charge is 0.233 e. The van der Waals surface area contributed by atoms with Crippen LogP contribution in [0.15, 0.2) is 24.3 Å². The highest BCUT2D eigenvalue weighted by atomic mass is 16.5. The van der Waals surface area contributed by atoms with E-state index in [4.69, 9.17) is 10.5 Å². The Kier molecular flexibility index (Phi) is 5.61. The second kappa shape index (κ2) is 6.98. The van der Waals surface area contributed by atoms with Gasteiger partial charge >= 0.3 is 0 Å². The number of hydrogen-bond donors (Lipinski definition) is 3. The fourth-order valence-corrected chi connectivity index (χ4v) is 1.47. The van der Waals surface area contributed by atoms with Crippen molar-refractivity contribution in [1.82, 2.24) is 5.32 Å². The van der Waals surface area contributed by atoms with E-state index in [0.717, 1.165) is 0 Å². The lowest BCUT2D eigenvalue weighted by atomic mass is 10.1. The minimum atomic E-state index is -0.767. The number of carbonyl (C=O) groups excluding carboxylic acids is 1. The maximum absolute atomic E-state index is 11.0. The summed E-state index contributed by atoms with van der Waals surface area (Å²) >= 11 is 0. The van der Waals surface area contributed by atoms with Gasteiger partial charge in [-0.15, -0.1) is 0 Å². The van der Waals surface area contributed by atoms with Gasteiger partial charge in [-0.05, 0) is 31.5 Å². The first kappa shape index (κ1) is 14.5. The zero-order chi connectivity index (χ0) is 13.5. The van der Waals surface area contributed by atoms with Crippen molar-refractivity contribution >= 4 is 5.91 Å². The molecule has 5 nitrogen and oxygen atoms in total. The molecule has 1 aromatic carbocycles. The van der Waals surface area contributed by atoms with E-state index < -0.39 is 6.10 Å². The quantitative estimate of drug-likeness (QED) is 0.691. The standard InChI is InChI=1S/C13H20N2O3/c1-9(2)18-11-5-3-4-10(6-11)12(16)8-15-13(17)7-14/h3-6,9,12,16H,7-8,14H2,1-2H3,(H,15,17). The van der Waals surface area contributed by atoms with E-state index in [1.54, 1.807) is 18.2 Å². The van der Waals surface area contributed by atoms with Crippen molar-refractivity contribution in [2.75, 3.05) is 13.1 Å². The molecule has 100 valence electrons. The minimum absolute atomic E-state index is 0.0781. The van der Waals surface area contributed by atoms with Crippen LogP contribution in [0, 0.1) is 0 Å². The van der Waals surface area contributed by atoms with Gasteiger partial charge in [0.1, 0.15) is 5.75 Å². The van der Waals surface area contributed by atoms with Gasteiger partial charge < -0.3 is 20.9 Å². The van der Waals surface area contributed by atoms with Gasteiger partial charge in [0.15, 0.2) is 0 Å². The molecule has 4 N–H and O–H groups in total. The third-order valence-electron chi connectivity index (χ3n) is 2.29. The van der Waals surface area contributed by atoms with Crippen LogP contribution in [0.4, 0.5) is 0 Å². The first-order valence-electron chi connectivity index (χ1n) is 5.94. The fraction of sp³-hybridized carbons (Fsp3) is 0.462. The van der Waals surface area contributed by atoms with Gasteiger partial charge in [0.05, 0.1) is 18.8 Å². The highest BCUT2D eigenvalue weighted by Gasteiger charge is 2.10. The summed E-state index contributed by atoms with van der Waals surface area (Å²) in [5, 5.41) is 12.4. The zero-order valence-electron chi connectivity index (χ0n) is 10.7. The molecule has 0 aliphatic heterocycles. The zero-order valence-corrected chi connectivity index (χ0v) is 10.7. The van der Waals surface area contributed by atoms with Crippen LogP contribution in [0.25, 0.3) is 0 Å². The van der Waals surface area contributed by atoms with E-state index in [1.807, 2.05) is 19.9 Å². The van der Waals surface area contributed by atoms with Crippen LogP contribution in [0.1, 0.15) is 25.5 Å². The molecule has 1 atom stereocenters. The number of nitrogens with two attached hydrogens (primary N) is 1. The third-order valence-corrected chi connectivity index (χ3v) is 2.29. The molecular weight excluding hydrogens is 232 g/mol. The molecule has 1 rings (SSSR count). The summed E-state index contributed by atoms with van der Waals surface area (Å²) in [6.07, 6.45) is -0.689. The minimum Gasteiger partial charge on any atom is -0.491 e. The number of carbonyl (C=O) groups is 1. The van der Waals surface area contributed by atoms with Gasteiger partial charge in [0.2, 0.25) is 5.91 Å². The average molecular weight is 252 g/mol.